The van der Waals surface area contributed by atoms with Gasteiger partial charge in [-0.15, -0.1) is 0 Å². The lowest BCUT2D eigenvalue weighted by atomic mass is 10.1. The third kappa shape index (κ3) is 8.41. The molecule has 1 N–H and O–H groups in total. The van der Waals surface area contributed by atoms with Gasteiger partial charge in [0.1, 0.15) is 18.3 Å². The number of alkyl halides is 3. The van der Waals surface area contributed by atoms with E-state index in [4.69, 9.17) is 16.3 Å². The van der Waals surface area contributed by atoms with Crippen LogP contribution >= 0.6 is 11.6 Å². The first-order valence-electron chi connectivity index (χ1n) is 13.5. The van der Waals surface area contributed by atoms with Crippen LogP contribution in [0.3, 0.4) is 0 Å². The van der Waals surface area contributed by atoms with Gasteiger partial charge in [0.25, 0.3) is 10.0 Å². The maximum absolute atomic E-state index is 14.1. The SMILES string of the molecule is CCCNC(=O)C(CC)N(Cc1cccc(OC)c1)C(=O)CN(c1ccc(Cl)c(C(F)(F)F)c1)S(=O)(=O)c1ccccc1. The summed E-state index contributed by atoms with van der Waals surface area (Å²) in [6.07, 6.45) is -4.05. The summed E-state index contributed by atoms with van der Waals surface area (Å²) in [5.74, 6) is -0.740. The Morgan fingerprint density at radius 2 is 1.70 bits per heavy atom. The fraction of sp³-hybridized carbons (Fsp3) is 0.333. The molecule has 0 saturated carbocycles. The molecule has 1 atom stereocenters. The van der Waals surface area contributed by atoms with E-state index in [1.807, 2.05) is 6.92 Å². The van der Waals surface area contributed by atoms with E-state index in [9.17, 15) is 31.2 Å². The molecule has 3 aromatic rings. The predicted molar refractivity (Wildman–Crippen MR) is 158 cm³/mol. The molecule has 0 spiro atoms. The van der Waals surface area contributed by atoms with Crippen molar-refractivity contribution in [3.63, 3.8) is 0 Å². The van der Waals surface area contributed by atoms with Crippen molar-refractivity contribution in [1.82, 2.24) is 10.2 Å². The lowest BCUT2D eigenvalue weighted by Gasteiger charge is -2.33. The van der Waals surface area contributed by atoms with Crippen LogP contribution in [-0.2, 0) is 32.3 Å². The molecule has 3 aromatic carbocycles. The van der Waals surface area contributed by atoms with Gasteiger partial charge in [-0.3, -0.25) is 13.9 Å². The monoisotopic (exact) mass is 639 g/mol. The molecule has 0 bridgehead atoms. The first kappa shape index (κ1) is 33.7. The van der Waals surface area contributed by atoms with Crippen molar-refractivity contribution >= 4 is 39.1 Å². The number of nitrogens with zero attached hydrogens (tertiary/aromatic N) is 2. The van der Waals surface area contributed by atoms with E-state index in [0.29, 0.717) is 34.7 Å². The second kappa shape index (κ2) is 14.6. The molecular formula is C30H33ClF3N3O5S. The molecule has 8 nitrogen and oxygen atoms in total. The first-order chi connectivity index (χ1) is 20.3. The van der Waals surface area contributed by atoms with Crippen LogP contribution in [0.1, 0.15) is 37.8 Å². The van der Waals surface area contributed by atoms with Crippen molar-refractivity contribution in [1.29, 1.82) is 0 Å². The summed E-state index contributed by atoms with van der Waals surface area (Å²) in [7, 11) is -3.08. The molecule has 0 radical (unpaired) electrons. The van der Waals surface area contributed by atoms with E-state index < -0.39 is 56.9 Å². The Labute approximate surface area is 254 Å². The molecule has 0 heterocycles. The molecule has 2 amide bonds. The van der Waals surface area contributed by atoms with Crippen molar-refractivity contribution < 1.29 is 35.9 Å². The summed E-state index contributed by atoms with van der Waals surface area (Å²) in [5.41, 5.74) is -1.08. The molecule has 0 saturated heterocycles. The number of ether oxygens (including phenoxy) is 1. The summed E-state index contributed by atoms with van der Waals surface area (Å²) in [6, 6.07) is 15.4. The average Bonchev–Trinajstić information content (AvgIpc) is 2.98. The van der Waals surface area contributed by atoms with E-state index >= 15 is 0 Å². The Morgan fingerprint density at radius 3 is 2.30 bits per heavy atom. The number of amides is 2. The largest absolute Gasteiger partial charge is 0.497 e. The second-order valence-electron chi connectivity index (χ2n) is 9.57. The van der Waals surface area contributed by atoms with E-state index in [0.717, 1.165) is 12.1 Å². The number of rotatable bonds is 13. The number of anilines is 1. The maximum Gasteiger partial charge on any atom is 0.417 e. The number of hydrogen-bond donors (Lipinski definition) is 1. The molecule has 0 aliphatic heterocycles. The van der Waals surface area contributed by atoms with Gasteiger partial charge in [0, 0.05) is 13.1 Å². The Bertz CT molecular complexity index is 1520. The number of sulfonamides is 1. The second-order valence-corrected chi connectivity index (χ2v) is 11.8. The third-order valence-electron chi connectivity index (χ3n) is 6.58. The normalized spacial score (nSPS) is 12.3. The minimum atomic E-state index is -4.89. The minimum Gasteiger partial charge on any atom is -0.497 e. The molecule has 232 valence electrons. The summed E-state index contributed by atoms with van der Waals surface area (Å²) in [6.45, 7) is 2.94. The number of nitrogens with one attached hydrogen (secondary N) is 1. The van der Waals surface area contributed by atoms with Gasteiger partial charge >= 0.3 is 6.18 Å². The average molecular weight is 640 g/mol. The van der Waals surface area contributed by atoms with Crippen molar-refractivity contribution in [2.75, 3.05) is 24.5 Å². The minimum absolute atomic E-state index is 0.0955. The number of hydrogen-bond acceptors (Lipinski definition) is 5. The number of halogens is 4. The highest BCUT2D eigenvalue weighted by Crippen LogP contribution is 2.38. The third-order valence-corrected chi connectivity index (χ3v) is 8.69. The number of methoxy groups -OCH3 is 1. The summed E-state index contributed by atoms with van der Waals surface area (Å²) in [5, 5.41) is 2.14. The van der Waals surface area contributed by atoms with Gasteiger partial charge in [-0.05, 0) is 60.9 Å². The van der Waals surface area contributed by atoms with Gasteiger partial charge in [-0.1, -0.05) is 55.8 Å². The Kier molecular flexibility index (Phi) is 11.5. The Hall–Kier alpha value is -3.77. The number of carbonyl (C=O) groups excluding carboxylic acids is 2. The van der Waals surface area contributed by atoms with Gasteiger partial charge in [0.05, 0.1) is 28.3 Å². The molecule has 0 aliphatic carbocycles. The van der Waals surface area contributed by atoms with Crippen LogP contribution in [0, 0.1) is 0 Å². The molecule has 43 heavy (non-hydrogen) atoms. The Morgan fingerprint density at radius 1 is 1.00 bits per heavy atom. The van der Waals surface area contributed by atoms with Crippen LogP contribution in [0.5, 0.6) is 5.75 Å². The lowest BCUT2D eigenvalue weighted by molar-refractivity contribution is -0.140. The zero-order chi connectivity index (χ0) is 31.8. The number of benzene rings is 3. The zero-order valence-corrected chi connectivity index (χ0v) is 25.5. The summed E-state index contributed by atoms with van der Waals surface area (Å²) in [4.78, 5) is 28.2. The predicted octanol–water partition coefficient (Wildman–Crippen LogP) is 5.90. The van der Waals surface area contributed by atoms with E-state index in [-0.39, 0.29) is 17.9 Å². The van der Waals surface area contributed by atoms with Crippen molar-refractivity contribution in [2.24, 2.45) is 0 Å². The first-order valence-corrected chi connectivity index (χ1v) is 15.3. The smallest absolute Gasteiger partial charge is 0.417 e. The van der Waals surface area contributed by atoms with Crippen LogP contribution in [0.15, 0.2) is 77.7 Å². The number of carbonyl (C=O) groups is 2. The maximum atomic E-state index is 14.1. The lowest BCUT2D eigenvalue weighted by Crippen LogP contribution is -2.52. The van der Waals surface area contributed by atoms with Crippen LogP contribution in [0.4, 0.5) is 18.9 Å². The summed E-state index contributed by atoms with van der Waals surface area (Å²) < 4.78 is 74.9. The van der Waals surface area contributed by atoms with Gasteiger partial charge < -0.3 is 15.0 Å². The van der Waals surface area contributed by atoms with Gasteiger partial charge in [0.15, 0.2) is 0 Å². The van der Waals surface area contributed by atoms with Crippen LogP contribution in [0.25, 0.3) is 0 Å². The van der Waals surface area contributed by atoms with Gasteiger partial charge in [-0.25, -0.2) is 8.42 Å². The van der Waals surface area contributed by atoms with E-state index in [1.54, 1.807) is 37.3 Å². The molecule has 0 aliphatic rings. The fourth-order valence-electron chi connectivity index (χ4n) is 4.39. The standard InChI is InChI=1S/C30H33ClF3N3O5S/c1-4-16-35-29(39)27(5-2)36(19-21-10-9-11-23(17-21)42-3)28(38)20-37(43(40,41)24-12-7-6-8-13-24)22-14-15-26(31)25(18-22)30(32,33)34/h6-15,17-18,27H,4-5,16,19-20H2,1-3H3,(H,35,39). The zero-order valence-electron chi connectivity index (χ0n) is 23.9. The molecule has 0 aromatic heterocycles. The molecule has 1 unspecified atom stereocenters. The Balaban J connectivity index is 2.13. The molecule has 0 fully saturated rings. The topological polar surface area (TPSA) is 96.0 Å². The fourth-order valence-corrected chi connectivity index (χ4v) is 6.04. The van der Waals surface area contributed by atoms with E-state index in [1.165, 1.54) is 36.3 Å². The summed E-state index contributed by atoms with van der Waals surface area (Å²) >= 11 is 5.81. The van der Waals surface area contributed by atoms with Gasteiger partial charge in [-0.2, -0.15) is 13.2 Å². The van der Waals surface area contributed by atoms with Crippen LogP contribution < -0.4 is 14.4 Å². The highest BCUT2D eigenvalue weighted by atomic mass is 35.5. The molecule has 13 heteroatoms. The highest BCUT2D eigenvalue weighted by Gasteiger charge is 2.37. The molecule has 3 rings (SSSR count). The van der Waals surface area contributed by atoms with Crippen LogP contribution in [0.2, 0.25) is 5.02 Å². The van der Waals surface area contributed by atoms with Crippen molar-refractivity contribution in [3.8, 4) is 5.75 Å². The van der Waals surface area contributed by atoms with Crippen LogP contribution in [-0.4, -0.2) is 51.4 Å². The highest BCUT2D eigenvalue weighted by molar-refractivity contribution is 7.92. The van der Waals surface area contributed by atoms with Gasteiger partial charge in [0.2, 0.25) is 11.8 Å². The van der Waals surface area contributed by atoms with Crippen molar-refractivity contribution in [2.45, 2.75) is 50.3 Å². The van der Waals surface area contributed by atoms with Crippen molar-refractivity contribution in [3.05, 3.63) is 88.9 Å². The molecular weight excluding hydrogens is 607 g/mol. The van der Waals surface area contributed by atoms with E-state index in [2.05, 4.69) is 5.32 Å². The quantitative estimate of drug-likeness (QED) is 0.251.